The molecule has 0 atom stereocenters. The van der Waals surface area contributed by atoms with Crippen molar-refractivity contribution in [2.24, 2.45) is 0 Å². The molecule has 21 heavy (non-hydrogen) atoms. The average molecular weight is 283 g/mol. The molecule has 2 aromatic heterocycles. The van der Waals surface area contributed by atoms with Crippen LogP contribution in [0.3, 0.4) is 0 Å². The van der Waals surface area contributed by atoms with Gasteiger partial charge in [0, 0.05) is 18.9 Å². The van der Waals surface area contributed by atoms with E-state index in [0.29, 0.717) is 6.54 Å². The van der Waals surface area contributed by atoms with Crippen LogP contribution in [-0.4, -0.2) is 30.6 Å². The van der Waals surface area contributed by atoms with Gasteiger partial charge in [-0.05, 0) is 11.6 Å². The Labute approximate surface area is 120 Å². The van der Waals surface area contributed by atoms with Crippen LogP contribution in [0.4, 0.5) is 5.95 Å². The first-order valence-corrected chi connectivity index (χ1v) is 6.26. The first kappa shape index (κ1) is 12.9. The lowest BCUT2D eigenvalue weighted by Gasteiger charge is -2.10. The number of hydrogen-bond donors (Lipinski definition) is 3. The van der Waals surface area contributed by atoms with Gasteiger partial charge in [-0.25, -0.2) is 4.98 Å². The zero-order valence-electron chi connectivity index (χ0n) is 11.0. The third-order valence-electron chi connectivity index (χ3n) is 2.93. The number of nitrogens with one attached hydrogen (secondary N) is 2. The Morgan fingerprint density at radius 2 is 2.24 bits per heavy atom. The fourth-order valence-electron chi connectivity index (χ4n) is 1.95. The van der Waals surface area contributed by atoms with Crippen LogP contribution in [0.25, 0.3) is 5.69 Å². The van der Waals surface area contributed by atoms with Crippen LogP contribution >= 0.6 is 0 Å². The van der Waals surface area contributed by atoms with Gasteiger partial charge in [0.05, 0.1) is 12.0 Å². The number of anilines is 1. The number of rotatable bonds is 4. The molecule has 0 fully saturated rings. The van der Waals surface area contributed by atoms with Crippen molar-refractivity contribution in [2.75, 3.05) is 5.73 Å². The summed E-state index contributed by atoms with van der Waals surface area (Å²) in [6, 6.07) is 7.73. The third kappa shape index (κ3) is 2.73. The minimum atomic E-state index is -0.361. The highest BCUT2D eigenvalue weighted by Gasteiger charge is 2.11. The molecule has 0 radical (unpaired) electrons. The molecule has 0 saturated heterocycles. The lowest BCUT2D eigenvalue weighted by atomic mass is 10.1. The van der Waals surface area contributed by atoms with Crippen LogP contribution in [0.15, 0.2) is 43.0 Å². The second-order valence-electron chi connectivity index (χ2n) is 4.32. The van der Waals surface area contributed by atoms with Crippen molar-refractivity contribution in [1.29, 1.82) is 0 Å². The lowest BCUT2D eigenvalue weighted by Crippen LogP contribution is -2.24. The van der Waals surface area contributed by atoms with Gasteiger partial charge in [0.25, 0.3) is 5.91 Å². The number of aromatic nitrogens is 5. The van der Waals surface area contributed by atoms with Crippen molar-refractivity contribution in [1.82, 2.24) is 30.0 Å². The zero-order chi connectivity index (χ0) is 14.7. The van der Waals surface area contributed by atoms with Crippen molar-refractivity contribution < 1.29 is 4.79 Å². The maximum Gasteiger partial charge on any atom is 0.288 e. The Bertz CT molecular complexity index is 747. The standard InChI is InChI=1S/C13H13N7O/c14-13-17-11(18-19-13)12(21)16-7-9-3-1-2-4-10(9)20-6-5-15-8-20/h1-6,8H,7H2,(H,16,21)(H3,14,17,18,19). The van der Waals surface area contributed by atoms with Crippen LogP contribution in [0.2, 0.25) is 0 Å². The van der Waals surface area contributed by atoms with Gasteiger partial charge in [-0.2, -0.15) is 4.98 Å². The van der Waals surface area contributed by atoms with E-state index < -0.39 is 0 Å². The van der Waals surface area contributed by atoms with Gasteiger partial charge in [0.1, 0.15) is 0 Å². The molecule has 2 heterocycles. The molecule has 1 amide bonds. The van der Waals surface area contributed by atoms with Gasteiger partial charge in [-0.3, -0.25) is 9.89 Å². The van der Waals surface area contributed by atoms with Crippen molar-refractivity contribution in [3.8, 4) is 5.69 Å². The molecule has 0 aliphatic carbocycles. The van der Waals surface area contributed by atoms with Crippen molar-refractivity contribution in [3.63, 3.8) is 0 Å². The SMILES string of the molecule is Nc1n[nH]c(C(=O)NCc2ccccc2-n2ccnc2)n1. The summed E-state index contributed by atoms with van der Waals surface area (Å²) in [6.45, 7) is 0.355. The summed E-state index contributed by atoms with van der Waals surface area (Å²) >= 11 is 0. The largest absolute Gasteiger partial charge is 0.366 e. The van der Waals surface area contributed by atoms with Gasteiger partial charge in [-0.1, -0.05) is 18.2 Å². The van der Waals surface area contributed by atoms with E-state index in [1.807, 2.05) is 35.0 Å². The zero-order valence-corrected chi connectivity index (χ0v) is 11.0. The molecule has 0 unspecified atom stereocenters. The number of hydrogen-bond acceptors (Lipinski definition) is 5. The minimum absolute atomic E-state index is 0.0407. The summed E-state index contributed by atoms with van der Waals surface area (Å²) in [7, 11) is 0. The number of nitrogens with two attached hydrogens (primary N) is 1. The van der Waals surface area contributed by atoms with E-state index in [2.05, 4.69) is 25.5 Å². The third-order valence-corrected chi connectivity index (χ3v) is 2.93. The molecule has 8 heteroatoms. The van der Waals surface area contributed by atoms with Crippen molar-refractivity contribution in [2.45, 2.75) is 6.54 Å². The summed E-state index contributed by atoms with van der Waals surface area (Å²) in [4.78, 5) is 19.7. The molecular weight excluding hydrogens is 270 g/mol. The molecular formula is C13H13N7O. The van der Waals surface area contributed by atoms with Crippen LogP contribution in [0.1, 0.15) is 16.2 Å². The number of nitrogen functional groups attached to an aromatic ring is 1. The van der Waals surface area contributed by atoms with E-state index >= 15 is 0 Å². The fourth-order valence-corrected chi connectivity index (χ4v) is 1.95. The number of aromatic amines is 1. The van der Waals surface area contributed by atoms with Gasteiger partial charge in [0.15, 0.2) is 0 Å². The quantitative estimate of drug-likeness (QED) is 0.645. The molecule has 3 aromatic rings. The molecule has 0 bridgehead atoms. The second-order valence-corrected chi connectivity index (χ2v) is 4.32. The topological polar surface area (TPSA) is 115 Å². The van der Waals surface area contributed by atoms with Crippen molar-refractivity contribution in [3.05, 3.63) is 54.4 Å². The van der Waals surface area contributed by atoms with Crippen LogP contribution in [0, 0.1) is 0 Å². The van der Waals surface area contributed by atoms with Crippen molar-refractivity contribution >= 4 is 11.9 Å². The highest BCUT2D eigenvalue weighted by Crippen LogP contribution is 2.13. The summed E-state index contributed by atoms with van der Waals surface area (Å²) in [5.41, 5.74) is 7.27. The smallest absolute Gasteiger partial charge is 0.288 e. The molecule has 8 nitrogen and oxygen atoms in total. The monoisotopic (exact) mass is 283 g/mol. The Hall–Kier alpha value is -3.16. The molecule has 0 aliphatic rings. The average Bonchev–Trinajstić information content (AvgIpc) is 3.16. The first-order chi connectivity index (χ1) is 10.2. The summed E-state index contributed by atoms with van der Waals surface area (Å²) in [5, 5.41) is 8.86. The first-order valence-electron chi connectivity index (χ1n) is 6.26. The second kappa shape index (κ2) is 5.45. The fraction of sp³-hybridized carbons (Fsp3) is 0.0769. The molecule has 1 aromatic carbocycles. The Morgan fingerprint density at radius 3 is 2.95 bits per heavy atom. The minimum Gasteiger partial charge on any atom is -0.366 e. The number of H-pyrrole nitrogens is 1. The highest BCUT2D eigenvalue weighted by atomic mass is 16.2. The molecule has 0 spiro atoms. The number of carbonyl (C=O) groups is 1. The normalized spacial score (nSPS) is 10.5. The van der Waals surface area contributed by atoms with Gasteiger partial charge >= 0.3 is 0 Å². The summed E-state index contributed by atoms with van der Waals surface area (Å²) in [6.07, 6.45) is 5.25. The van der Waals surface area contributed by atoms with E-state index in [-0.39, 0.29) is 17.7 Å². The highest BCUT2D eigenvalue weighted by molar-refractivity contribution is 5.90. The van der Waals surface area contributed by atoms with E-state index in [1.165, 1.54) is 0 Å². The maximum atomic E-state index is 11.9. The van der Waals surface area contributed by atoms with E-state index in [1.54, 1.807) is 12.5 Å². The molecule has 106 valence electrons. The number of para-hydroxylation sites is 1. The van der Waals surface area contributed by atoms with Crippen LogP contribution in [0.5, 0.6) is 0 Å². The predicted octanol–water partition coefficient (Wildman–Crippen LogP) is 0.503. The van der Waals surface area contributed by atoms with Gasteiger partial charge in [0.2, 0.25) is 11.8 Å². The van der Waals surface area contributed by atoms with E-state index in [4.69, 9.17) is 5.73 Å². The predicted molar refractivity (Wildman–Crippen MR) is 75.5 cm³/mol. The number of nitrogens with zero attached hydrogens (tertiary/aromatic N) is 4. The molecule has 4 N–H and O–H groups in total. The maximum absolute atomic E-state index is 11.9. The lowest BCUT2D eigenvalue weighted by molar-refractivity contribution is 0.0941. The van der Waals surface area contributed by atoms with Gasteiger partial charge < -0.3 is 15.6 Å². The number of benzene rings is 1. The molecule has 0 aliphatic heterocycles. The Balaban J connectivity index is 1.75. The summed E-state index contributed by atoms with van der Waals surface area (Å²) in [5.74, 6) is -0.230. The van der Waals surface area contributed by atoms with Crippen LogP contribution < -0.4 is 11.1 Å². The number of imidazole rings is 1. The van der Waals surface area contributed by atoms with Crippen LogP contribution in [-0.2, 0) is 6.54 Å². The van der Waals surface area contributed by atoms with E-state index in [9.17, 15) is 4.79 Å². The number of amides is 1. The van der Waals surface area contributed by atoms with E-state index in [0.717, 1.165) is 11.3 Å². The molecule has 0 saturated carbocycles. The number of carbonyl (C=O) groups excluding carboxylic acids is 1. The summed E-state index contributed by atoms with van der Waals surface area (Å²) < 4.78 is 1.88. The van der Waals surface area contributed by atoms with Gasteiger partial charge in [-0.15, -0.1) is 5.10 Å². The molecule has 3 rings (SSSR count). The Kier molecular flexibility index (Phi) is 3.34. The Morgan fingerprint density at radius 1 is 1.38 bits per heavy atom.